The van der Waals surface area contributed by atoms with Gasteiger partial charge in [-0.3, -0.25) is 14.4 Å². The van der Waals surface area contributed by atoms with E-state index in [2.05, 4.69) is 34.6 Å². The lowest BCUT2D eigenvalue weighted by Gasteiger charge is -2.18. The zero-order chi connectivity index (χ0) is 41.2. The fourth-order valence-electron chi connectivity index (χ4n) is 7.46. The number of ether oxygens (including phenoxy) is 3. The second-order valence-corrected chi connectivity index (χ2v) is 18.1. The maximum absolute atomic E-state index is 12.7. The number of hydrogen-bond donors (Lipinski definition) is 0. The average Bonchev–Trinajstić information content (AvgIpc) is 3.16. The van der Waals surface area contributed by atoms with Crippen LogP contribution in [0.25, 0.3) is 0 Å². The lowest BCUT2D eigenvalue weighted by Crippen LogP contribution is -2.30. The molecule has 0 amide bonds. The van der Waals surface area contributed by atoms with Gasteiger partial charge in [-0.25, -0.2) is 0 Å². The molecule has 6 nitrogen and oxygen atoms in total. The summed E-state index contributed by atoms with van der Waals surface area (Å²) in [6.07, 6.45) is 42.7. The fraction of sp³-hybridized carbons (Fsp3) is 0.940. The Morgan fingerprint density at radius 2 is 0.589 bits per heavy atom. The van der Waals surface area contributed by atoms with Crippen molar-refractivity contribution >= 4 is 17.9 Å². The van der Waals surface area contributed by atoms with Crippen LogP contribution in [0.1, 0.15) is 272 Å². The van der Waals surface area contributed by atoms with Gasteiger partial charge in [0.2, 0.25) is 0 Å². The van der Waals surface area contributed by atoms with Gasteiger partial charge in [-0.2, -0.15) is 0 Å². The monoisotopic (exact) mass is 793 g/mol. The normalized spacial score (nSPS) is 12.1. The molecular formula is C50H96O6. The molecule has 0 fully saturated rings. The van der Waals surface area contributed by atoms with Gasteiger partial charge in [-0.1, -0.05) is 234 Å². The van der Waals surface area contributed by atoms with E-state index in [-0.39, 0.29) is 31.1 Å². The van der Waals surface area contributed by atoms with Crippen LogP contribution in [0, 0.1) is 11.8 Å². The molecule has 0 aromatic heterocycles. The summed E-state index contributed by atoms with van der Waals surface area (Å²) in [6.45, 7) is 11.3. The standard InChI is InChI=1S/C50H96O6/c1-6-7-8-28-35-40-48(51)54-43-47(44-55-49(52)41-36-31-26-23-19-21-25-30-34-39-46(4)5)56-50(53)42-37-32-27-22-18-16-14-12-10-9-11-13-15-17-20-24-29-33-38-45(2)3/h45-47H,6-44H2,1-5H3/t47-/m0/s1. The topological polar surface area (TPSA) is 78.9 Å². The van der Waals surface area contributed by atoms with Gasteiger partial charge in [-0.05, 0) is 31.1 Å². The second kappa shape index (κ2) is 43.0. The van der Waals surface area contributed by atoms with E-state index in [4.69, 9.17) is 14.2 Å². The number of carbonyl (C=O) groups excluding carboxylic acids is 3. The van der Waals surface area contributed by atoms with E-state index in [0.717, 1.165) is 76.0 Å². The molecule has 0 unspecified atom stereocenters. The van der Waals surface area contributed by atoms with E-state index in [1.165, 1.54) is 154 Å². The predicted octanol–water partition coefficient (Wildman–Crippen LogP) is 15.8. The summed E-state index contributed by atoms with van der Waals surface area (Å²) in [5, 5.41) is 0. The first-order valence-electron chi connectivity index (χ1n) is 24.7. The molecule has 0 aliphatic carbocycles. The van der Waals surface area contributed by atoms with Crippen molar-refractivity contribution < 1.29 is 28.6 Å². The number of rotatable bonds is 44. The lowest BCUT2D eigenvalue weighted by atomic mass is 10.0. The molecular weight excluding hydrogens is 697 g/mol. The molecule has 0 bridgehead atoms. The van der Waals surface area contributed by atoms with Gasteiger partial charge in [0.1, 0.15) is 13.2 Å². The number of unbranched alkanes of at least 4 members (excludes halogenated alkanes) is 29. The van der Waals surface area contributed by atoms with Crippen LogP contribution in [0.15, 0.2) is 0 Å². The summed E-state index contributed by atoms with van der Waals surface area (Å²) in [5.74, 6) is 0.800. The van der Waals surface area contributed by atoms with Crippen molar-refractivity contribution in [2.24, 2.45) is 11.8 Å². The summed E-state index contributed by atoms with van der Waals surface area (Å²) in [6, 6.07) is 0. The molecule has 332 valence electrons. The molecule has 0 heterocycles. The van der Waals surface area contributed by atoms with Crippen molar-refractivity contribution in [1.29, 1.82) is 0 Å². The Labute approximate surface area is 348 Å². The summed E-state index contributed by atoms with van der Waals surface area (Å²) in [4.78, 5) is 37.5. The second-order valence-electron chi connectivity index (χ2n) is 18.1. The SMILES string of the molecule is CCCCCCCC(=O)OC[C@@H](COC(=O)CCCCCCCCCCCC(C)C)OC(=O)CCCCCCCCCCCCCCCCCCCCC(C)C. The first kappa shape index (κ1) is 54.4. The number of hydrogen-bond acceptors (Lipinski definition) is 6. The largest absolute Gasteiger partial charge is 0.462 e. The van der Waals surface area contributed by atoms with E-state index >= 15 is 0 Å². The number of carbonyl (C=O) groups is 3. The Morgan fingerprint density at radius 1 is 0.339 bits per heavy atom. The van der Waals surface area contributed by atoms with E-state index < -0.39 is 6.10 Å². The maximum Gasteiger partial charge on any atom is 0.306 e. The highest BCUT2D eigenvalue weighted by atomic mass is 16.6. The van der Waals surface area contributed by atoms with Crippen LogP contribution < -0.4 is 0 Å². The molecule has 1 atom stereocenters. The molecule has 0 aromatic carbocycles. The molecule has 0 radical (unpaired) electrons. The maximum atomic E-state index is 12.7. The third kappa shape index (κ3) is 43.5. The van der Waals surface area contributed by atoms with Crippen LogP contribution in [0.2, 0.25) is 0 Å². The minimum Gasteiger partial charge on any atom is -0.462 e. The molecule has 0 aliphatic rings. The van der Waals surface area contributed by atoms with Crippen LogP contribution in [-0.4, -0.2) is 37.2 Å². The van der Waals surface area contributed by atoms with E-state index in [1.807, 2.05) is 0 Å². The van der Waals surface area contributed by atoms with Crippen molar-refractivity contribution in [3.8, 4) is 0 Å². The summed E-state index contributed by atoms with van der Waals surface area (Å²) in [7, 11) is 0. The van der Waals surface area contributed by atoms with Gasteiger partial charge in [0.05, 0.1) is 0 Å². The smallest absolute Gasteiger partial charge is 0.306 e. The van der Waals surface area contributed by atoms with Gasteiger partial charge < -0.3 is 14.2 Å². The first-order valence-corrected chi connectivity index (χ1v) is 24.7. The zero-order valence-corrected chi connectivity index (χ0v) is 38.3. The highest BCUT2D eigenvalue weighted by Gasteiger charge is 2.19. The van der Waals surface area contributed by atoms with Crippen LogP contribution in [0.5, 0.6) is 0 Å². The van der Waals surface area contributed by atoms with Gasteiger partial charge in [0.25, 0.3) is 0 Å². The van der Waals surface area contributed by atoms with Gasteiger partial charge in [-0.15, -0.1) is 0 Å². The van der Waals surface area contributed by atoms with Gasteiger partial charge >= 0.3 is 17.9 Å². The van der Waals surface area contributed by atoms with Crippen molar-refractivity contribution in [3.63, 3.8) is 0 Å². The Balaban J connectivity index is 4.08. The highest BCUT2D eigenvalue weighted by Crippen LogP contribution is 2.17. The predicted molar refractivity (Wildman–Crippen MR) is 238 cm³/mol. The molecule has 0 rings (SSSR count). The van der Waals surface area contributed by atoms with Crippen LogP contribution in [0.4, 0.5) is 0 Å². The molecule has 0 saturated carbocycles. The Morgan fingerprint density at radius 3 is 0.875 bits per heavy atom. The first-order chi connectivity index (χ1) is 27.2. The Kier molecular flexibility index (Phi) is 41.8. The minimum atomic E-state index is -0.759. The third-order valence-corrected chi connectivity index (χ3v) is 11.2. The molecule has 56 heavy (non-hydrogen) atoms. The lowest BCUT2D eigenvalue weighted by molar-refractivity contribution is -0.167. The van der Waals surface area contributed by atoms with Crippen LogP contribution in [0.3, 0.4) is 0 Å². The van der Waals surface area contributed by atoms with Crippen molar-refractivity contribution in [1.82, 2.24) is 0 Å². The van der Waals surface area contributed by atoms with Crippen LogP contribution in [-0.2, 0) is 28.6 Å². The molecule has 0 aliphatic heterocycles. The summed E-state index contributed by atoms with van der Waals surface area (Å²) >= 11 is 0. The fourth-order valence-corrected chi connectivity index (χ4v) is 7.46. The van der Waals surface area contributed by atoms with Crippen molar-refractivity contribution in [2.75, 3.05) is 13.2 Å². The quantitative estimate of drug-likeness (QED) is 0.0347. The molecule has 0 spiro atoms. The van der Waals surface area contributed by atoms with Gasteiger partial charge in [0.15, 0.2) is 6.10 Å². The average molecular weight is 793 g/mol. The van der Waals surface area contributed by atoms with E-state index in [1.54, 1.807) is 0 Å². The highest BCUT2D eigenvalue weighted by molar-refractivity contribution is 5.71. The van der Waals surface area contributed by atoms with E-state index in [9.17, 15) is 14.4 Å². The Hall–Kier alpha value is -1.59. The van der Waals surface area contributed by atoms with Crippen molar-refractivity contribution in [3.05, 3.63) is 0 Å². The number of esters is 3. The van der Waals surface area contributed by atoms with Crippen LogP contribution >= 0.6 is 0 Å². The van der Waals surface area contributed by atoms with E-state index in [0.29, 0.717) is 19.3 Å². The molecule has 0 N–H and O–H groups in total. The molecule has 6 heteroatoms. The third-order valence-electron chi connectivity index (χ3n) is 11.2. The molecule has 0 saturated heterocycles. The zero-order valence-electron chi connectivity index (χ0n) is 38.3. The Bertz CT molecular complexity index is 854. The van der Waals surface area contributed by atoms with Crippen molar-refractivity contribution in [2.45, 2.75) is 278 Å². The molecule has 0 aromatic rings. The summed E-state index contributed by atoms with van der Waals surface area (Å²) in [5.41, 5.74) is 0. The van der Waals surface area contributed by atoms with Gasteiger partial charge in [0, 0.05) is 19.3 Å². The summed E-state index contributed by atoms with van der Waals surface area (Å²) < 4.78 is 16.6. The minimum absolute atomic E-state index is 0.0655.